The van der Waals surface area contributed by atoms with E-state index in [1.54, 1.807) is 0 Å². The molecule has 0 unspecified atom stereocenters. The maximum atomic E-state index is 12.8. The van der Waals surface area contributed by atoms with Gasteiger partial charge in [-0.15, -0.1) is 0 Å². The Kier molecular flexibility index (Phi) is 7.44. The third kappa shape index (κ3) is 5.79. The number of para-hydroxylation sites is 2. The number of fused-ring (bicyclic) bond motifs is 1. The number of hydrogen-bond acceptors (Lipinski definition) is 4. The Morgan fingerprint density at radius 1 is 1.00 bits per heavy atom. The highest BCUT2D eigenvalue weighted by molar-refractivity contribution is 5.80. The van der Waals surface area contributed by atoms with Crippen molar-refractivity contribution in [3.8, 4) is 0 Å². The van der Waals surface area contributed by atoms with Crippen molar-refractivity contribution in [3.63, 3.8) is 0 Å². The van der Waals surface area contributed by atoms with E-state index in [-0.39, 0.29) is 11.8 Å². The first kappa shape index (κ1) is 22.9. The first-order chi connectivity index (χ1) is 16.7. The Morgan fingerprint density at radius 2 is 1.79 bits per heavy atom. The molecule has 0 aliphatic carbocycles. The quantitative estimate of drug-likeness (QED) is 0.495. The molecule has 2 aromatic carbocycles. The molecule has 6 nitrogen and oxygen atoms in total. The molecule has 3 heterocycles. The van der Waals surface area contributed by atoms with Gasteiger partial charge in [-0.25, -0.2) is 4.98 Å². The zero-order chi connectivity index (χ0) is 23.2. The zero-order valence-corrected chi connectivity index (χ0v) is 20.1. The van der Waals surface area contributed by atoms with Gasteiger partial charge in [-0.3, -0.25) is 4.79 Å². The number of H-pyrrole nitrogens is 1. The third-order valence-electron chi connectivity index (χ3n) is 7.49. The Hall–Kier alpha value is -2.86. The van der Waals surface area contributed by atoms with Crippen LogP contribution in [0.2, 0.25) is 0 Å². The SMILES string of the molecule is O=C(NCCCN1CCC(Cc2ccccc2)CC1)[C@H]1CCCN(c2nc3ccccc3[nH]2)C1. The summed E-state index contributed by atoms with van der Waals surface area (Å²) in [5.41, 5.74) is 3.49. The molecule has 5 rings (SSSR count). The molecule has 34 heavy (non-hydrogen) atoms. The minimum absolute atomic E-state index is 0.0377. The maximum Gasteiger partial charge on any atom is 0.224 e. The van der Waals surface area contributed by atoms with Gasteiger partial charge in [0.15, 0.2) is 0 Å². The minimum Gasteiger partial charge on any atom is -0.356 e. The number of aromatic amines is 1. The predicted octanol–water partition coefficient (Wildman–Crippen LogP) is 4.24. The fourth-order valence-corrected chi connectivity index (χ4v) is 5.49. The highest BCUT2D eigenvalue weighted by Gasteiger charge is 2.27. The van der Waals surface area contributed by atoms with Crippen LogP contribution in [0.5, 0.6) is 0 Å². The van der Waals surface area contributed by atoms with Gasteiger partial charge >= 0.3 is 0 Å². The molecular formula is C28H37N5O. The van der Waals surface area contributed by atoms with Crippen molar-refractivity contribution < 1.29 is 4.79 Å². The van der Waals surface area contributed by atoms with E-state index in [4.69, 9.17) is 4.98 Å². The number of amides is 1. The Balaban J connectivity index is 1.01. The summed E-state index contributed by atoms with van der Waals surface area (Å²) in [6.07, 6.45) is 6.76. The molecule has 0 bridgehead atoms. The molecule has 2 fully saturated rings. The largest absolute Gasteiger partial charge is 0.356 e. The van der Waals surface area contributed by atoms with E-state index in [0.29, 0.717) is 0 Å². The van der Waals surface area contributed by atoms with Crippen molar-refractivity contribution in [1.29, 1.82) is 0 Å². The smallest absolute Gasteiger partial charge is 0.224 e. The summed E-state index contributed by atoms with van der Waals surface area (Å²) in [5.74, 6) is 1.92. The van der Waals surface area contributed by atoms with Crippen LogP contribution in [0.25, 0.3) is 11.0 Å². The van der Waals surface area contributed by atoms with Gasteiger partial charge in [-0.05, 0) is 81.8 Å². The number of hydrogen-bond donors (Lipinski definition) is 2. The summed E-state index contributed by atoms with van der Waals surface area (Å²) in [6, 6.07) is 19.0. The maximum absolute atomic E-state index is 12.8. The van der Waals surface area contributed by atoms with Crippen molar-refractivity contribution >= 4 is 22.9 Å². The lowest BCUT2D eigenvalue weighted by Crippen LogP contribution is -2.44. The van der Waals surface area contributed by atoms with Gasteiger partial charge in [0.2, 0.25) is 11.9 Å². The number of nitrogens with one attached hydrogen (secondary N) is 2. The molecule has 0 radical (unpaired) electrons. The number of likely N-dealkylation sites (tertiary alicyclic amines) is 1. The molecule has 2 aliphatic rings. The molecule has 180 valence electrons. The first-order valence-corrected chi connectivity index (χ1v) is 13.0. The van der Waals surface area contributed by atoms with Crippen LogP contribution >= 0.6 is 0 Å². The van der Waals surface area contributed by atoms with Gasteiger partial charge in [-0.1, -0.05) is 42.5 Å². The monoisotopic (exact) mass is 459 g/mol. The summed E-state index contributed by atoms with van der Waals surface area (Å²) >= 11 is 0. The van der Waals surface area contributed by atoms with Crippen LogP contribution in [0, 0.1) is 11.8 Å². The summed E-state index contributed by atoms with van der Waals surface area (Å²) in [4.78, 5) is 25.8. The predicted molar refractivity (Wildman–Crippen MR) is 138 cm³/mol. The van der Waals surface area contributed by atoms with E-state index < -0.39 is 0 Å². The number of rotatable bonds is 8. The van der Waals surface area contributed by atoms with E-state index >= 15 is 0 Å². The second kappa shape index (κ2) is 11.0. The minimum atomic E-state index is 0.0377. The number of imidazole rings is 1. The van der Waals surface area contributed by atoms with Crippen molar-refractivity contribution in [2.24, 2.45) is 11.8 Å². The van der Waals surface area contributed by atoms with E-state index in [2.05, 4.69) is 50.4 Å². The van der Waals surface area contributed by atoms with Gasteiger partial charge in [0.05, 0.1) is 17.0 Å². The number of aromatic nitrogens is 2. The Bertz CT molecular complexity index is 1020. The van der Waals surface area contributed by atoms with Crippen molar-refractivity contribution in [2.75, 3.05) is 44.2 Å². The van der Waals surface area contributed by atoms with Gasteiger partial charge in [-0.2, -0.15) is 0 Å². The summed E-state index contributed by atoms with van der Waals surface area (Å²) in [7, 11) is 0. The molecule has 2 N–H and O–H groups in total. The lowest BCUT2D eigenvalue weighted by molar-refractivity contribution is -0.125. The fraction of sp³-hybridized carbons (Fsp3) is 0.500. The molecule has 1 atom stereocenters. The fourth-order valence-electron chi connectivity index (χ4n) is 5.49. The number of nitrogens with zero attached hydrogens (tertiary/aromatic N) is 3. The average Bonchev–Trinajstić information content (AvgIpc) is 3.33. The summed E-state index contributed by atoms with van der Waals surface area (Å²) < 4.78 is 0. The molecule has 1 amide bonds. The molecule has 2 saturated heterocycles. The Morgan fingerprint density at radius 3 is 2.62 bits per heavy atom. The van der Waals surface area contributed by atoms with Crippen LogP contribution < -0.4 is 10.2 Å². The van der Waals surface area contributed by atoms with E-state index in [1.165, 1.54) is 37.9 Å². The van der Waals surface area contributed by atoms with Gasteiger partial charge in [0.1, 0.15) is 0 Å². The van der Waals surface area contributed by atoms with E-state index in [9.17, 15) is 4.79 Å². The summed E-state index contributed by atoms with van der Waals surface area (Å²) in [6.45, 7) is 5.89. The molecule has 3 aromatic rings. The van der Waals surface area contributed by atoms with Crippen molar-refractivity contribution in [2.45, 2.75) is 38.5 Å². The van der Waals surface area contributed by atoms with Crippen molar-refractivity contribution in [1.82, 2.24) is 20.2 Å². The Labute approximate surface area is 202 Å². The van der Waals surface area contributed by atoms with Gasteiger partial charge < -0.3 is 20.1 Å². The average molecular weight is 460 g/mol. The third-order valence-corrected chi connectivity index (χ3v) is 7.49. The van der Waals surface area contributed by atoms with E-state index in [0.717, 1.165) is 68.3 Å². The lowest BCUT2D eigenvalue weighted by Gasteiger charge is -2.32. The van der Waals surface area contributed by atoms with E-state index in [1.807, 2.05) is 24.3 Å². The van der Waals surface area contributed by atoms with Gasteiger partial charge in [0.25, 0.3) is 0 Å². The second-order valence-electron chi connectivity index (χ2n) is 9.98. The second-order valence-corrected chi connectivity index (χ2v) is 9.98. The highest BCUT2D eigenvalue weighted by atomic mass is 16.1. The van der Waals surface area contributed by atoms with Crippen molar-refractivity contribution in [3.05, 3.63) is 60.2 Å². The number of carbonyl (C=O) groups is 1. The molecule has 2 aliphatic heterocycles. The van der Waals surface area contributed by atoms with Crippen LogP contribution in [0.4, 0.5) is 5.95 Å². The number of anilines is 1. The summed E-state index contributed by atoms with van der Waals surface area (Å²) in [5, 5.41) is 3.21. The van der Waals surface area contributed by atoms with Crippen LogP contribution in [0.15, 0.2) is 54.6 Å². The van der Waals surface area contributed by atoms with Crippen LogP contribution in [0.3, 0.4) is 0 Å². The zero-order valence-electron chi connectivity index (χ0n) is 20.1. The lowest BCUT2D eigenvalue weighted by atomic mass is 9.90. The molecule has 1 aromatic heterocycles. The standard InChI is InChI=1S/C28H37N5O/c34-27(24-10-6-17-33(21-24)28-30-25-11-4-5-12-26(25)31-28)29-15-7-16-32-18-13-23(14-19-32)20-22-8-2-1-3-9-22/h1-5,8-9,11-12,23-24H,6-7,10,13-21H2,(H,29,34)(H,30,31)/t24-/m0/s1. The van der Waals surface area contributed by atoms with Crippen LogP contribution in [0.1, 0.15) is 37.7 Å². The topological polar surface area (TPSA) is 64.3 Å². The molecular weight excluding hydrogens is 422 g/mol. The normalized spacial score (nSPS) is 20.0. The number of piperidine rings is 2. The highest BCUT2D eigenvalue weighted by Crippen LogP contribution is 2.24. The van der Waals surface area contributed by atoms with Crippen LogP contribution in [-0.4, -0.2) is 60.0 Å². The molecule has 0 saturated carbocycles. The molecule has 6 heteroatoms. The first-order valence-electron chi connectivity index (χ1n) is 13.0. The number of carbonyl (C=O) groups excluding carboxylic acids is 1. The number of benzene rings is 2. The molecule has 0 spiro atoms. The van der Waals surface area contributed by atoms with Crippen LogP contribution in [-0.2, 0) is 11.2 Å². The van der Waals surface area contributed by atoms with Gasteiger partial charge in [0, 0.05) is 19.6 Å².